The van der Waals surface area contributed by atoms with Crippen LogP contribution in [0, 0.1) is 0 Å². The molecule has 1 atom stereocenters. The van der Waals surface area contributed by atoms with Crippen molar-refractivity contribution in [3.63, 3.8) is 0 Å². The first-order valence-electron chi connectivity index (χ1n) is 7.82. The standard InChI is InChI=1S/C15H23N5O.2ClH/c1-16-12-5-4-10-20(11-12)14(21)13-6-7-17-15(18-13)19-8-2-3-9-19;;/h6-7,12,16H,2-5,8-11H2,1H3;2*1H. The molecule has 3 rings (SSSR count). The highest BCUT2D eigenvalue weighted by Crippen LogP contribution is 2.17. The minimum atomic E-state index is 0. The second-order valence-corrected chi connectivity index (χ2v) is 5.82. The van der Waals surface area contributed by atoms with Crippen LogP contribution in [0.5, 0.6) is 0 Å². The Kier molecular flexibility index (Phi) is 8.02. The van der Waals surface area contributed by atoms with Crippen LogP contribution in [0.15, 0.2) is 12.3 Å². The Hall–Kier alpha value is -1.11. The number of hydrogen-bond donors (Lipinski definition) is 1. The molecule has 1 amide bonds. The zero-order valence-electron chi connectivity index (χ0n) is 13.4. The molecule has 3 heterocycles. The van der Waals surface area contributed by atoms with Gasteiger partial charge in [0.1, 0.15) is 5.69 Å². The highest BCUT2D eigenvalue weighted by Gasteiger charge is 2.25. The van der Waals surface area contributed by atoms with Gasteiger partial charge in [0, 0.05) is 38.4 Å². The molecule has 1 aromatic heterocycles. The number of likely N-dealkylation sites (tertiary alicyclic amines) is 1. The van der Waals surface area contributed by atoms with Crippen LogP contribution in [-0.4, -0.2) is 60.0 Å². The van der Waals surface area contributed by atoms with E-state index in [1.165, 1.54) is 12.8 Å². The lowest BCUT2D eigenvalue weighted by Gasteiger charge is -2.32. The Morgan fingerprint density at radius 3 is 2.65 bits per heavy atom. The average molecular weight is 362 g/mol. The van der Waals surface area contributed by atoms with E-state index in [0.717, 1.165) is 39.0 Å². The number of nitrogens with zero attached hydrogens (tertiary/aromatic N) is 4. The third-order valence-electron chi connectivity index (χ3n) is 4.37. The third kappa shape index (κ3) is 4.68. The fraction of sp³-hybridized carbons (Fsp3) is 0.667. The molecule has 2 fully saturated rings. The smallest absolute Gasteiger partial charge is 0.272 e. The summed E-state index contributed by atoms with van der Waals surface area (Å²) in [6.45, 7) is 3.56. The topological polar surface area (TPSA) is 61.4 Å². The maximum atomic E-state index is 12.6. The van der Waals surface area contributed by atoms with Crippen LogP contribution < -0.4 is 10.2 Å². The van der Waals surface area contributed by atoms with Crippen molar-refractivity contribution in [2.24, 2.45) is 0 Å². The lowest BCUT2D eigenvalue weighted by molar-refractivity contribution is 0.0692. The van der Waals surface area contributed by atoms with E-state index in [9.17, 15) is 4.79 Å². The summed E-state index contributed by atoms with van der Waals surface area (Å²) in [6.07, 6.45) is 6.23. The quantitative estimate of drug-likeness (QED) is 0.888. The van der Waals surface area contributed by atoms with Gasteiger partial charge < -0.3 is 15.1 Å². The summed E-state index contributed by atoms with van der Waals surface area (Å²) < 4.78 is 0. The second-order valence-electron chi connectivity index (χ2n) is 5.82. The summed E-state index contributed by atoms with van der Waals surface area (Å²) in [6, 6.07) is 2.12. The van der Waals surface area contributed by atoms with Gasteiger partial charge in [-0.1, -0.05) is 0 Å². The Bertz CT molecular complexity index is 510. The number of anilines is 1. The summed E-state index contributed by atoms with van der Waals surface area (Å²) in [5, 5.41) is 3.26. The molecule has 130 valence electrons. The normalized spacial score (nSPS) is 20.7. The number of hydrogen-bond acceptors (Lipinski definition) is 5. The van der Waals surface area contributed by atoms with Gasteiger partial charge in [-0.05, 0) is 38.8 Å². The van der Waals surface area contributed by atoms with Gasteiger partial charge in [0.2, 0.25) is 5.95 Å². The Morgan fingerprint density at radius 2 is 1.96 bits per heavy atom. The summed E-state index contributed by atoms with van der Waals surface area (Å²) >= 11 is 0. The molecule has 2 aliphatic rings. The summed E-state index contributed by atoms with van der Waals surface area (Å²) in [4.78, 5) is 25.5. The molecule has 0 bridgehead atoms. The molecule has 1 aromatic rings. The van der Waals surface area contributed by atoms with Crippen molar-refractivity contribution in [1.29, 1.82) is 0 Å². The number of rotatable bonds is 3. The number of piperidine rings is 1. The highest BCUT2D eigenvalue weighted by molar-refractivity contribution is 5.92. The van der Waals surface area contributed by atoms with Gasteiger partial charge in [-0.15, -0.1) is 24.8 Å². The van der Waals surface area contributed by atoms with Gasteiger partial charge in [0.15, 0.2) is 0 Å². The summed E-state index contributed by atoms with van der Waals surface area (Å²) in [5.41, 5.74) is 0.517. The predicted octanol–water partition coefficient (Wildman–Crippen LogP) is 1.74. The van der Waals surface area contributed by atoms with E-state index in [1.54, 1.807) is 12.3 Å². The lowest BCUT2D eigenvalue weighted by Crippen LogP contribution is -2.47. The molecule has 8 heteroatoms. The molecule has 0 aromatic carbocycles. The number of carbonyl (C=O) groups excluding carboxylic acids is 1. The molecule has 0 aliphatic carbocycles. The molecule has 0 radical (unpaired) electrons. The Labute approximate surface area is 149 Å². The zero-order valence-corrected chi connectivity index (χ0v) is 15.0. The van der Waals surface area contributed by atoms with Crippen LogP contribution in [0.3, 0.4) is 0 Å². The average Bonchev–Trinajstić information content (AvgIpc) is 3.09. The van der Waals surface area contributed by atoms with Crippen molar-refractivity contribution in [3.05, 3.63) is 18.0 Å². The van der Waals surface area contributed by atoms with Crippen molar-refractivity contribution in [2.45, 2.75) is 31.7 Å². The SMILES string of the molecule is CNC1CCCN(C(=O)c2ccnc(N3CCCC3)n2)C1.Cl.Cl. The Morgan fingerprint density at radius 1 is 1.22 bits per heavy atom. The number of aromatic nitrogens is 2. The van der Waals surface area contributed by atoms with Gasteiger partial charge in [0.05, 0.1) is 0 Å². The molecular weight excluding hydrogens is 337 g/mol. The molecule has 0 spiro atoms. The lowest BCUT2D eigenvalue weighted by atomic mass is 10.1. The molecule has 0 saturated carbocycles. The fourth-order valence-electron chi connectivity index (χ4n) is 3.10. The molecule has 6 nitrogen and oxygen atoms in total. The van der Waals surface area contributed by atoms with Crippen LogP contribution in [0.1, 0.15) is 36.2 Å². The largest absolute Gasteiger partial charge is 0.341 e. The molecule has 2 saturated heterocycles. The highest BCUT2D eigenvalue weighted by atomic mass is 35.5. The van der Waals surface area contributed by atoms with E-state index in [4.69, 9.17) is 0 Å². The third-order valence-corrected chi connectivity index (χ3v) is 4.37. The van der Waals surface area contributed by atoms with Crippen LogP contribution in [0.2, 0.25) is 0 Å². The molecular formula is C15H25Cl2N5O. The van der Waals surface area contributed by atoms with E-state index in [0.29, 0.717) is 17.7 Å². The summed E-state index contributed by atoms with van der Waals surface area (Å²) in [5.74, 6) is 0.721. The van der Waals surface area contributed by atoms with Gasteiger partial charge in [-0.2, -0.15) is 0 Å². The number of carbonyl (C=O) groups is 1. The number of amides is 1. The number of likely N-dealkylation sites (N-methyl/N-ethyl adjacent to an activating group) is 1. The predicted molar refractivity (Wildman–Crippen MR) is 96.0 cm³/mol. The van der Waals surface area contributed by atoms with E-state index < -0.39 is 0 Å². The first-order valence-corrected chi connectivity index (χ1v) is 7.82. The first kappa shape index (κ1) is 19.9. The van der Waals surface area contributed by atoms with Crippen molar-refractivity contribution in [3.8, 4) is 0 Å². The van der Waals surface area contributed by atoms with Crippen molar-refractivity contribution in [1.82, 2.24) is 20.2 Å². The Balaban J connectivity index is 0.00000132. The number of halogens is 2. The minimum absolute atomic E-state index is 0. The first-order chi connectivity index (χ1) is 10.3. The maximum absolute atomic E-state index is 12.6. The van der Waals surface area contributed by atoms with Crippen LogP contribution in [-0.2, 0) is 0 Å². The van der Waals surface area contributed by atoms with Gasteiger partial charge in [-0.25, -0.2) is 9.97 Å². The monoisotopic (exact) mass is 361 g/mol. The van der Waals surface area contributed by atoms with E-state index in [1.807, 2.05) is 11.9 Å². The second kappa shape index (κ2) is 9.25. The maximum Gasteiger partial charge on any atom is 0.272 e. The van der Waals surface area contributed by atoms with Gasteiger partial charge in [-0.3, -0.25) is 4.79 Å². The molecule has 1 unspecified atom stereocenters. The van der Waals surface area contributed by atoms with Gasteiger partial charge >= 0.3 is 0 Å². The van der Waals surface area contributed by atoms with Crippen LogP contribution in [0.25, 0.3) is 0 Å². The van der Waals surface area contributed by atoms with Crippen LogP contribution >= 0.6 is 24.8 Å². The van der Waals surface area contributed by atoms with Crippen molar-refractivity contribution < 1.29 is 4.79 Å². The van der Waals surface area contributed by atoms with E-state index >= 15 is 0 Å². The van der Waals surface area contributed by atoms with Crippen molar-refractivity contribution >= 4 is 36.7 Å². The molecule has 1 N–H and O–H groups in total. The fourth-order valence-corrected chi connectivity index (χ4v) is 3.10. The van der Waals surface area contributed by atoms with Crippen LogP contribution in [0.4, 0.5) is 5.95 Å². The minimum Gasteiger partial charge on any atom is -0.341 e. The van der Waals surface area contributed by atoms with Gasteiger partial charge in [0.25, 0.3) is 5.91 Å². The van der Waals surface area contributed by atoms with Crippen molar-refractivity contribution in [2.75, 3.05) is 38.1 Å². The summed E-state index contributed by atoms with van der Waals surface area (Å²) in [7, 11) is 1.95. The van der Waals surface area contributed by atoms with E-state index in [-0.39, 0.29) is 30.7 Å². The molecule has 23 heavy (non-hydrogen) atoms. The zero-order chi connectivity index (χ0) is 14.7. The number of nitrogens with one attached hydrogen (secondary N) is 1. The van der Waals surface area contributed by atoms with E-state index in [2.05, 4.69) is 20.2 Å². The molecule has 2 aliphatic heterocycles.